The summed E-state index contributed by atoms with van der Waals surface area (Å²) in [5, 5.41) is 12.7. The van der Waals surface area contributed by atoms with E-state index in [0.717, 1.165) is 53.2 Å². The molecule has 2 fully saturated rings. The lowest BCUT2D eigenvalue weighted by Crippen LogP contribution is -2.53. The van der Waals surface area contributed by atoms with Gasteiger partial charge in [-0.05, 0) is 103 Å². The normalized spacial score (nSPS) is 17.8. The number of aryl methyl sites for hydroxylation is 1. The molecule has 10 atom stereocenters. The highest BCUT2D eigenvalue weighted by Crippen LogP contribution is 2.34. The van der Waals surface area contributed by atoms with Crippen LogP contribution in [0.4, 0.5) is 0 Å². The highest BCUT2D eigenvalue weighted by Gasteiger charge is 2.40. The smallest absolute Gasteiger partial charge is 0.306 e. The summed E-state index contributed by atoms with van der Waals surface area (Å²) in [6.07, 6.45) is 6.66. The van der Waals surface area contributed by atoms with E-state index >= 15 is 0 Å². The number of likely N-dealkylation sites (N-methyl/N-ethyl adjacent to an activating group) is 1. The number of unbranched alkanes of at least 4 members (excludes halogenated alkanes) is 2. The molecule has 0 spiro atoms. The Morgan fingerprint density at radius 2 is 1.63 bits per heavy atom. The zero-order chi connectivity index (χ0) is 67.2. The average Bonchev–Trinajstić information content (AvgIpc) is 2.35. The number of nitrogens with one attached hydrogen (secondary N) is 4. The number of amides is 7. The van der Waals surface area contributed by atoms with Gasteiger partial charge in [0.25, 0.3) is 12.4 Å². The quantitative estimate of drug-likeness (QED) is 0.0234. The first-order valence-electron chi connectivity index (χ1n) is 32.3. The number of nitrogens with zero attached hydrogens (tertiary/aromatic N) is 4. The van der Waals surface area contributed by atoms with Gasteiger partial charge in [0.2, 0.25) is 35.4 Å². The molecule has 6 unspecified atom stereocenters. The highest BCUT2D eigenvalue weighted by atomic mass is 32.2. The van der Waals surface area contributed by atoms with Crippen LogP contribution in [-0.2, 0) is 73.3 Å². The number of ketones is 2. The molecule has 1 aromatic carbocycles. The van der Waals surface area contributed by atoms with Gasteiger partial charge in [-0.25, -0.2) is 4.98 Å². The monoisotopic (exact) mass is 1310 g/mol. The number of hydrogen-bond acceptors (Lipinski definition) is 19. The standard InChI is InChI=1S/C66H102N8O15S2/c1-12-44(5)50(36-55(77)53-22-16-17-30-72(53)8)65(84)73(9)54(42(2)3)37-56(64-71-52(40-91-64)63(83)69-48(34-45(6)88-41-75)35-47-27-25-43(4)26-28-47)89-60(80)24-18-29-67-62(82)51(21-15-13-14-20-49(76)39-87-33-32-86-10)70-61(81)46(7)68-58(78)23-19-31-74-59(79)38-57(90-11)66(74)85/h25-28,40-42,44-46,48,50-51,53-54,56-57H,12-24,29-39H2,1-11H3,(H,67,82)(H,68,78)(H,69,83)(H,70,81)/t44?,45?,46?,48-,50+,51?,53?,54-,56-,57?/m1/s1. The number of methoxy groups -OCH3 is 1. The number of esters is 1. The van der Waals surface area contributed by atoms with Gasteiger partial charge >= 0.3 is 5.97 Å². The van der Waals surface area contributed by atoms with E-state index in [1.54, 1.807) is 30.5 Å². The van der Waals surface area contributed by atoms with E-state index in [1.165, 1.54) is 25.8 Å². The van der Waals surface area contributed by atoms with Crippen LogP contribution >= 0.6 is 23.1 Å². The minimum Gasteiger partial charge on any atom is -0.465 e. The number of carbonyl (C=O) groups is 11. The Bertz CT molecular complexity index is 2690. The van der Waals surface area contributed by atoms with E-state index in [4.69, 9.17) is 23.9 Å². The van der Waals surface area contributed by atoms with Crippen LogP contribution in [0.3, 0.4) is 0 Å². The van der Waals surface area contributed by atoms with Gasteiger partial charge in [-0.1, -0.05) is 83.2 Å². The fourth-order valence-electron chi connectivity index (χ4n) is 11.4. The summed E-state index contributed by atoms with van der Waals surface area (Å²) >= 11 is 2.42. The molecule has 0 aliphatic carbocycles. The molecule has 25 heteroatoms. The molecule has 4 rings (SSSR count). The van der Waals surface area contributed by atoms with Crippen molar-refractivity contribution in [2.75, 3.05) is 66.9 Å². The molecule has 7 amide bonds. The van der Waals surface area contributed by atoms with Crippen LogP contribution < -0.4 is 21.3 Å². The van der Waals surface area contributed by atoms with Crippen LogP contribution in [0.2, 0.25) is 0 Å². The maximum absolute atomic E-state index is 14.8. The largest absolute Gasteiger partial charge is 0.465 e. The number of carbonyl (C=O) groups excluding carboxylic acids is 11. The van der Waals surface area contributed by atoms with E-state index in [1.807, 2.05) is 65.9 Å². The summed E-state index contributed by atoms with van der Waals surface area (Å²) in [6.45, 7) is 15.0. The van der Waals surface area contributed by atoms with E-state index in [2.05, 4.69) is 26.2 Å². The van der Waals surface area contributed by atoms with Crippen molar-refractivity contribution in [3.8, 4) is 0 Å². The fourth-order valence-corrected chi connectivity index (χ4v) is 12.8. The van der Waals surface area contributed by atoms with Crippen LogP contribution in [0, 0.1) is 24.7 Å². The molecule has 2 aromatic rings. The lowest BCUT2D eigenvalue weighted by Gasteiger charge is -2.37. The second-order valence-corrected chi connectivity index (χ2v) is 26.6. The fraction of sp³-hybridized carbons (Fsp3) is 0.697. The summed E-state index contributed by atoms with van der Waals surface area (Å²) in [5.74, 6) is -4.49. The molecule has 23 nitrogen and oxygen atoms in total. The van der Waals surface area contributed by atoms with Crippen molar-refractivity contribution in [1.82, 2.24) is 41.0 Å². The van der Waals surface area contributed by atoms with Crippen molar-refractivity contribution in [3.63, 3.8) is 0 Å². The van der Waals surface area contributed by atoms with Gasteiger partial charge in [0.05, 0.1) is 24.5 Å². The van der Waals surface area contributed by atoms with E-state index in [0.29, 0.717) is 56.6 Å². The van der Waals surface area contributed by atoms with Crippen LogP contribution in [0.15, 0.2) is 29.6 Å². The summed E-state index contributed by atoms with van der Waals surface area (Å²) in [4.78, 5) is 156. The van der Waals surface area contributed by atoms with Crippen LogP contribution in [-0.4, -0.2) is 194 Å². The second-order valence-electron chi connectivity index (χ2n) is 24.7. The molecule has 508 valence electrons. The Labute approximate surface area is 546 Å². The number of hydrogen-bond donors (Lipinski definition) is 4. The number of benzene rings is 1. The van der Waals surface area contributed by atoms with Gasteiger partial charge in [0, 0.05) is 95.6 Å². The number of piperidine rings is 1. The van der Waals surface area contributed by atoms with E-state index in [-0.39, 0.29) is 137 Å². The Kier molecular flexibility index (Phi) is 34.6. The number of ether oxygens (including phenoxy) is 4. The van der Waals surface area contributed by atoms with Crippen molar-refractivity contribution in [2.24, 2.45) is 17.8 Å². The predicted octanol–water partition coefficient (Wildman–Crippen LogP) is 6.65. The number of thioether (sulfide) groups is 1. The second kappa shape index (κ2) is 40.7. The van der Waals surface area contributed by atoms with Gasteiger partial charge in [-0.2, -0.15) is 11.8 Å². The third-order valence-corrected chi connectivity index (χ3v) is 19.0. The van der Waals surface area contributed by atoms with Crippen LogP contribution in [0.5, 0.6) is 0 Å². The molecule has 4 N–H and O–H groups in total. The predicted molar refractivity (Wildman–Crippen MR) is 348 cm³/mol. The van der Waals surface area contributed by atoms with Crippen molar-refractivity contribution in [2.45, 2.75) is 212 Å². The van der Waals surface area contributed by atoms with Gasteiger partial charge < -0.3 is 45.1 Å². The first-order valence-corrected chi connectivity index (χ1v) is 34.5. The average molecular weight is 1310 g/mol. The first kappa shape index (κ1) is 77.3. The molecule has 0 radical (unpaired) electrons. The summed E-state index contributed by atoms with van der Waals surface area (Å²) < 4.78 is 21.8. The molecule has 0 saturated carbocycles. The maximum atomic E-state index is 14.8. The van der Waals surface area contributed by atoms with E-state index < -0.39 is 77.1 Å². The molecule has 2 aliphatic heterocycles. The van der Waals surface area contributed by atoms with Gasteiger partial charge in [0.1, 0.15) is 35.5 Å². The number of imide groups is 1. The maximum Gasteiger partial charge on any atom is 0.306 e. The number of likely N-dealkylation sites (tertiary alicyclic amines) is 2. The first-order chi connectivity index (χ1) is 43.4. The molecule has 2 saturated heterocycles. The summed E-state index contributed by atoms with van der Waals surface area (Å²) in [5.41, 5.74) is 2.11. The molecule has 3 heterocycles. The van der Waals surface area contributed by atoms with Crippen LogP contribution in [0.25, 0.3) is 0 Å². The minimum absolute atomic E-state index is 0.00535. The minimum atomic E-state index is -1.06. The summed E-state index contributed by atoms with van der Waals surface area (Å²) in [7, 11) is 5.21. The Hall–Kier alpha value is -6.15. The Balaban J connectivity index is 1.51. The van der Waals surface area contributed by atoms with Crippen molar-refractivity contribution in [1.29, 1.82) is 0 Å². The van der Waals surface area contributed by atoms with Gasteiger partial charge in [0.15, 0.2) is 17.7 Å². The summed E-state index contributed by atoms with van der Waals surface area (Å²) in [6, 6.07) is 4.53. The number of thiazole rings is 1. The Morgan fingerprint density at radius 1 is 0.890 bits per heavy atom. The number of Topliss-reactive ketones (excluding diaryl/α,β-unsaturated/α-hetero) is 2. The SMILES string of the molecule is CCC(C)[C@H](CC(=O)C1CCCCN1C)C(=O)N(C)[C@H](C[C@@H](OC(=O)CCCNC(=O)C(CCCCCC(=O)COCCOC)NC(=O)C(C)NC(=O)CCCN1C(=O)CC(SC)C1=O)c1nc(C(=O)N[C@@H](Cc2ccc(C)cc2)CC(C)OC=O)cs1)C(C)C. The van der Waals surface area contributed by atoms with Gasteiger partial charge in [-0.3, -0.25) is 62.5 Å². The molecular formula is C66H102N8O15S2. The number of rotatable bonds is 44. The molecular weight excluding hydrogens is 1210 g/mol. The van der Waals surface area contributed by atoms with Gasteiger partial charge in [-0.15, -0.1) is 11.3 Å². The van der Waals surface area contributed by atoms with Crippen molar-refractivity contribution in [3.05, 3.63) is 51.5 Å². The van der Waals surface area contributed by atoms with Crippen molar-refractivity contribution < 1.29 is 71.7 Å². The Morgan fingerprint density at radius 3 is 2.29 bits per heavy atom. The molecule has 0 bridgehead atoms. The van der Waals surface area contributed by atoms with Crippen LogP contribution in [0.1, 0.15) is 183 Å². The lowest BCUT2D eigenvalue weighted by molar-refractivity contribution is -0.152. The molecule has 2 aliphatic rings. The third kappa shape index (κ3) is 26.4. The zero-order valence-electron chi connectivity index (χ0n) is 55.5. The zero-order valence-corrected chi connectivity index (χ0v) is 57.1. The highest BCUT2D eigenvalue weighted by molar-refractivity contribution is 8.00. The molecule has 1 aromatic heterocycles. The topological polar surface area (TPSA) is 295 Å². The third-order valence-electron chi connectivity index (χ3n) is 17.1. The van der Waals surface area contributed by atoms with E-state index in [9.17, 15) is 52.7 Å². The number of aromatic nitrogens is 1. The lowest BCUT2D eigenvalue weighted by atomic mass is 9.83. The molecule has 91 heavy (non-hydrogen) atoms. The van der Waals surface area contributed by atoms with Crippen molar-refractivity contribution >= 4 is 88.5 Å².